The van der Waals surface area contributed by atoms with Crippen LogP contribution in [0.3, 0.4) is 0 Å². The lowest BCUT2D eigenvalue weighted by Crippen LogP contribution is -2.59. The van der Waals surface area contributed by atoms with Gasteiger partial charge in [-0.15, -0.1) is 13.2 Å². The molecule has 2 bridgehead atoms. The number of aliphatic hydroxyl groups is 1. The van der Waals surface area contributed by atoms with Gasteiger partial charge in [0.25, 0.3) is 0 Å². The monoisotopic (exact) mass is 568 g/mol. The summed E-state index contributed by atoms with van der Waals surface area (Å²) in [7, 11) is 0. The van der Waals surface area contributed by atoms with E-state index in [0.29, 0.717) is 32.4 Å². The Hall–Kier alpha value is -1.71. The molecule has 0 aromatic heterocycles. The van der Waals surface area contributed by atoms with Crippen LogP contribution in [-0.2, 0) is 23.9 Å². The van der Waals surface area contributed by atoms with Gasteiger partial charge in [0.2, 0.25) is 11.8 Å². The van der Waals surface area contributed by atoms with Gasteiger partial charge in [-0.2, -0.15) is 0 Å². The molecule has 3 fully saturated rings. The summed E-state index contributed by atoms with van der Waals surface area (Å²) in [5.74, 6) is -2.61. The predicted molar refractivity (Wildman–Crippen MR) is 140 cm³/mol. The van der Waals surface area contributed by atoms with E-state index in [9.17, 15) is 19.5 Å². The van der Waals surface area contributed by atoms with Gasteiger partial charge in [-0.25, -0.2) is 0 Å². The number of unbranched alkanes of at least 4 members (excludes halogenated alkanes) is 3. The van der Waals surface area contributed by atoms with Crippen LogP contribution < -0.4 is 0 Å². The maximum atomic E-state index is 14.2. The van der Waals surface area contributed by atoms with Crippen molar-refractivity contribution in [2.24, 2.45) is 11.8 Å². The second-order valence-corrected chi connectivity index (χ2v) is 11.2. The Balaban J connectivity index is 1.99. The SMILES string of the molecule is C=CCCCOC(=O)[C@H]1[C@@H]2OC3(CC2Br)C(C(=O)N(CC=C)CCCCC)N([C@@H](CC)CO)C(=O)[C@H]13. The van der Waals surface area contributed by atoms with Crippen molar-refractivity contribution in [2.75, 3.05) is 26.3 Å². The molecule has 7 atom stereocenters. The number of aliphatic hydroxyl groups excluding tert-OH is 1. The molecule has 0 radical (unpaired) electrons. The molecule has 3 saturated heterocycles. The highest BCUT2D eigenvalue weighted by Gasteiger charge is 2.77. The number of carbonyl (C=O) groups excluding carboxylic acids is 3. The normalized spacial score (nSPS) is 31.3. The van der Waals surface area contributed by atoms with Gasteiger partial charge in [-0.1, -0.05) is 54.8 Å². The minimum atomic E-state index is -1.15. The highest BCUT2D eigenvalue weighted by molar-refractivity contribution is 9.09. The third-order valence-electron chi connectivity index (χ3n) is 7.80. The van der Waals surface area contributed by atoms with Gasteiger partial charge in [0.1, 0.15) is 11.6 Å². The summed E-state index contributed by atoms with van der Waals surface area (Å²) in [6.45, 7) is 12.3. The largest absolute Gasteiger partial charge is 0.465 e. The summed E-state index contributed by atoms with van der Waals surface area (Å²) in [6, 6.07) is -1.47. The Bertz CT molecular complexity index is 833. The summed E-state index contributed by atoms with van der Waals surface area (Å²) in [6.07, 6.45) is 8.03. The fourth-order valence-electron chi connectivity index (χ4n) is 6.09. The molecule has 0 aromatic rings. The molecular weight excluding hydrogens is 528 g/mol. The Morgan fingerprint density at radius 1 is 1.31 bits per heavy atom. The zero-order valence-corrected chi connectivity index (χ0v) is 23.2. The molecular formula is C27H41BrN2O6. The molecule has 3 rings (SSSR count). The molecule has 1 spiro atoms. The summed E-state index contributed by atoms with van der Waals surface area (Å²) < 4.78 is 12.1. The first-order chi connectivity index (χ1) is 17.3. The fourth-order valence-corrected chi connectivity index (χ4v) is 7.04. The van der Waals surface area contributed by atoms with Gasteiger partial charge in [0, 0.05) is 17.9 Å². The Labute approximate surface area is 223 Å². The van der Waals surface area contributed by atoms with Crippen molar-refractivity contribution in [3.05, 3.63) is 25.3 Å². The number of carbonyl (C=O) groups is 3. The molecule has 0 aromatic carbocycles. The standard InChI is InChI=1S/C27H41BrN2O6/c1-5-9-11-14-29(13-7-3)25(33)23-27-16-19(28)22(36-27)20(26(34)35-15-12-10-6-2)21(27)24(32)30(23)18(8-4)17-31/h6-7,18-23,31H,2-3,5,8-17H2,1,4H3/t18-,19?,20+,21-,22+,23?,27?/m0/s1. The number of fused-ring (bicyclic) bond motifs is 1. The van der Waals surface area contributed by atoms with E-state index in [1.54, 1.807) is 17.1 Å². The van der Waals surface area contributed by atoms with Crippen molar-refractivity contribution in [3.8, 4) is 0 Å². The number of likely N-dealkylation sites (tertiary alicyclic amines) is 1. The van der Waals surface area contributed by atoms with Crippen molar-refractivity contribution in [1.29, 1.82) is 0 Å². The number of ether oxygens (including phenoxy) is 2. The highest BCUT2D eigenvalue weighted by atomic mass is 79.9. The van der Waals surface area contributed by atoms with Crippen molar-refractivity contribution in [1.82, 2.24) is 9.80 Å². The highest BCUT2D eigenvalue weighted by Crippen LogP contribution is 2.60. The lowest BCUT2D eigenvalue weighted by atomic mass is 9.70. The zero-order valence-electron chi connectivity index (χ0n) is 21.6. The van der Waals surface area contributed by atoms with E-state index in [0.717, 1.165) is 25.7 Å². The molecule has 3 unspecified atom stereocenters. The molecule has 9 heteroatoms. The maximum Gasteiger partial charge on any atom is 0.312 e. The number of allylic oxidation sites excluding steroid dienone is 1. The molecule has 3 aliphatic rings. The predicted octanol–water partition coefficient (Wildman–Crippen LogP) is 3.22. The Morgan fingerprint density at radius 3 is 2.67 bits per heavy atom. The molecule has 36 heavy (non-hydrogen) atoms. The van der Waals surface area contributed by atoms with Crippen LogP contribution in [0.15, 0.2) is 25.3 Å². The smallest absolute Gasteiger partial charge is 0.312 e. The van der Waals surface area contributed by atoms with Crippen molar-refractivity contribution < 1.29 is 29.0 Å². The van der Waals surface area contributed by atoms with Crippen molar-refractivity contribution in [3.63, 3.8) is 0 Å². The number of esters is 1. The van der Waals surface area contributed by atoms with Crippen LogP contribution in [0.1, 0.15) is 58.8 Å². The van der Waals surface area contributed by atoms with Crippen LogP contribution in [0.2, 0.25) is 0 Å². The van der Waals surface area contributed by atoms with E-state index in [1.807, 2.05) is 6.92 Å². The topological polar surface area (TPSA) is 96.4 Å². The average molecular weight is 570 g/mol. The lowest BCUT2D eigenvalue weighted by molar-refractivity contribution is -0.156. The number of hydrogen-bond donors (Lipinski definition) is 1. The van der Waals surface area contributed by atoms with Crippen LogP contribution in [-0.4, -0.2) is 87.6 Å². The maximum absolute atomic E-state index is 14.2. The van der Waals surface area contributed by atoms with Crippen LogP contribution in [0.5, 0.6) is 0 Å². The molecule has 0 aliphatic carbocycles. The summed E-state index contributed by atoms with van der Waals surface area (Å²) in [5, 5.41) is 10.2. The number of halogens is 1. The van der Waals surface area contributed by atoms with Crippen molar-refractivity contribution in [2.45, 2.75) is 87.4 Å². The first kappa shape index (κ1) is 28.9. The molecule has 0 saturated carbocycles. The minimum absolute atomic E-state index is 0.190. The molecule has 3 heterocycles. The molecule has 2 amide bonds. The van der Waals surface area contributed by atoms with Crippen LogP contribution in [0.25, 0.3) is 0 Å². The van der Waals surface area contributed by atoms with Gasteiger partial charge in [-0.3, -0.25) is 14.4 Å². The number of alkyl halides is 1. The van der Waals surface area contributed by atoms with E-state index < -0.39 is 41.6 Å². The third-order valence-corrected chi connectivity index (χ3v) is 8.64. The zero-order chi connectivity index (χ0) is 26.5. The Kier molecular flexibility index (Phi) is 10.2. The summed E-state index contributed by atoms with van der Waals surface area (Å²) in [5.41, 5.74) is -1.15. The van der Waals surface area contributed by atoms with E-state index in [1.165, 1.54) is 4.90 Å². The summed E-state index contributed by atoms with van der Waals surface area (Å²) >= 11 is 3.67. The van der Waals surface area contributed by atoms with Crippen LogP contribution in [0.4, 0.5) is 0 Å². The fraction of sp³-hybridized carbons (Fsp3) is 0.741. The van der Waals surface area contributed by atoms with E-state index in [4.69, 9.17) is 9.47 Å². The van der Waals surface area contributed by atoms with Crippen molar-refractivity contribution >= 4 is 33.7 Å². The van der Waals surface area contributed by atoms with E-state index in [2.05, 4.69) is 36.0 Å². The van der Waals surface area contributed by atoms with E-state index in [-0.39, 0.29) is 29.9 Å². The minimum Gasteiger partial charge on any atom is -0.465 e. The number of hydrogen-bond acceptors (Lipinski definition) is 6. The van der Waals surface area contributed by atoms with Crippen LogP contribution >= 0.6 is 15.9 Å². The first-order valence-corrected chi connectivity index (χ1v) is 14.2. The number of nitrogens with zero attached hydrogens (tertiary/aromatic N) is 2. The van der Waals surface area contributed by atoms with E-state index >= 15 is 0 Å². The lowest BCUT2D eigenvalue weighted by Gasteiger charge is -2.39. The molecule has 3 aliphatic heterocycles. The van der Waals surface area contributed by atoms with Gasteiger partial charge >= 0.3 is 5.97 Å². The third kappa shape index (κ3) is 5.16. The number of amides is 2. The summed E-state index contributed by atoms with van der Waals surface area (Å²) in [4.78, 5) is 44.5. The quantitative estimate of drug-likeness (QED) is 0.141. The molecule has 202 valence electrons. The van der Waals surface area contributed by atoms with Gasteiger partial charge in [-0.05, 0) is 32.1 Å². The first-order valence-electron chi connectivity index (χ1n) is 13.2. The second-order valence-electron chi connectivity index (χ2n) is 10.0. The van der Waals surface area contributed by atoms with Gasteiger partial charge in [0.05, 0.1) is 37.2 Å². The molecule has 1 N–H and O–H groups in total. The second kappa shape index (κ2) is 12.7. The van der Waals surface area contributed by atoms with Gasteiger partial charge in [0.15, 0.2) is 0 Å². The molecule has 8 nitrogen and oxygen atoms in total. The number of rotatable bonds is 15. The Morgan fingerprint density at radius 2 is 2.06 bits per heavy atom. The van der Waals surface area contributed by atoms with Gasteiger partial charge < -0.3 is 24.4 Å². The van der Waals surface area contributed by atoms with Crippen LogP contribution in [0, 0.1) is 11.8 Å². The average Bonchev–Trinajstić information content (AvgIpc) is 3.45.